The van der Waals surface area contributed by atoms with Crippen molar-refractivity contribution in [2.24, 2.45) is 5.41 Å². The average Bonchev–Trinajstić information content (AvgIpc) is 3.17. The fourth-order valence-corrected chi connectivity index (χ4v) is 3.93. The third-order valence-corrected chi connectivity index (χ3v) is 5.58. The Labute approximate surface area is 141 Å². The molecule has 2 atom stereocenters. The fraction of sp³-hybridized carbons (Fsp3) is 0.421. The SMILES string of the molecule is O=C(N[C@@H]1C[C@@H](O)C12CCOCC2)c1ccc(-n2cccc2)cc1. The van der Waals surface area contributed by atoms with Crippen LogP contribution in [-0.4, -0.2) is 40.9 Å². The van der Waals surface area contributed by atoms with Crippen LogP contribution in [0.25, 0.3) is 5.69 Å². The van der Waals surface area contributed by atoms with Gasteiger partial charge < -0.3 is 19.7 Å². The van der Waals surface area contributed by atoms with Crippen molar-refractivity contribution in [3.05, 3.63) is 54.4 Å². The van der Waals surface area contributed by atoms with Gasteiger partial charge in [-0.15, -0.1) is 0 Å². The summed E-state index contributed by atoms with van der Waals surface area (Å²) in [5.41, 5.74) is 1.48. The molecule has 1 saturated heterocycles. The molecule has 2 heterocycles. The summed E-state index contributed by atoms with van der Waals surface area (Å²) in [5, 5.41) is 13.3. The van der Waals surface area contributed by atoms with Crippen LogP contribution >= 0.6 is 0 Å². The number of aromatic nitrogens is 1. The Bertz CT molecular complexity index is 703. The van der Waals surface area contributed by atoms with Crippen LogP contribution in [0.3, 0.4) is 0 Å². The first kappa shape index (κ1) is 15.4. The Hall–Kier alpha value is -2.11. The molecule has 0 radical (unpaired) electrons. The van der Waals surface area contributed by atoms with E-state index in [0.29, 0.717) is 25.2 Å². The molecule has 2 fully saturated rings. The standard InChI is InChI=1S/C19H22N2O3/c22-17-13-16(19(17)7-11-24-12-8-19)20-18(23)14-3-5-15(6-4-14)21-9-1-2-10-21/h1-6,9-10,16-17,22H,7-8,11-13H2,(H,20,23)/t16-,17-/m1/s1. The highest BCUT2D eigenvalue weighted by molar-refractivity contribution is 5.94. The number of hydrogen-bond acceptors (Lipinski definition) is 3. The van der Waals surface area contributed by atoms with Crippen LogP contribution in [0.4, 0.5) is 0 Å². The second-order valence-electron chi connectivity index (χ2n) is 6.76. The van der Waals surface area contributed by atoms with Crippen LogP contribution in [0.2, 0.25) is 0 Å². The summed E-state index contributed by atoms with van der Waals surface area (Å²) in [4.78, 5) is 12.5. The molecule has 1 aliphatic heterocycles. The lowest BCUT2D eigenvalue weighted by molar-refractivity contribution is -0.145. The molecule has 1 aromatic carbocycles. The predicted molar refractivity (Wildman–Crippen MR) is 90.1 cm³/mol. The van der Waals surface area contributed by atoms with Crippen molar-refractivity contribution in [2.45, 2.75) is 31.4 Å². The van der Waals surface area contributed by atoms with Crippen molar-refractivity contribution in [2.75, 3.05) is 13.2 Å². The lowest BCUT2D eigenvalue weighted by Gasteiger charge is -2.55. The molecule has 2 aliphatic rings. The highest BCUT2D eigenvalue weighted by atomic mass is 16.5. The molecular formula is C19H22N2O3. The topological polar surface area (TPSA) is 63.5 Å². The molecule has 4 rings (SSSR count). The number of nitrogens with one attached hydrogen (secondary N) is 1. The van der Waals surface area contributed by atoms with Crippen molar-refractivity contribution in [3.63, 3.8) is 0 Å². The number of hydrogen-bond donors (Lipinski definition) is 2. The molecule has 1 spiro atoms. The maximum Gasteiger partial charge on any atom is 0.251 e. The first-order valence-electron chi connectivity index (χ1n) is 8.49. The monoisotopic (exact) mass is 326 g/mol. The summed E-state index contributed by atoms with van der Waals surface area (Å²) in [5.74, 6) is -0.0724. The number of carbonyl (C=O) groups excluding carboxylic acids is 1. The maximum atomic E-state index is 12.5. The van der Waals surface area contributed by atoms with Crippen molar-refractivity contribution in [3.8, 4) is 5.69 Å². The van der Waals surface area contributed by atoms with E-state index in [4.69, 9.17) is 4.74 Å². The second kappa shape index (κ2) is 6.07. The quantitative estimate of drug-likeness (QED) is 0.908. The van der Waals surface area contributed by atoms with Gasteiger partial charge in [0.15, 0.2) is 0 Å². The molecule has 2 aromatic rings. The summed E-state index contributed by atoms with van der Waals surface area (Å²) in [6.07, 6.45) is 5.87. The summed E-state index contributed by atoms with van der Waals surface area (Å²) in [7, 11) is 0. The first-order valence-corrected chi connectivity index (χ1v) is 8.49. The molecule has 126 valence electrons. The van der Waals surface area contributed by atoms with Gasteiger partial charge in [0, 0.05) is 48.3 Å². The number of benzene rings is 1. The van der Waals surface area contributed by atoms with E-state index in [1.54, 1.807) is 0 Å². The highest BCUT2D eigenvalue weighted by Gasteiger charge is 2.55. The van der Waals surface area contributed by atoms with Crippen molar-refractivity contribution < 1.29 is 14.6 Å². The zero-order valence-corrected chi connectivity index (χ0v) is 13.5. The summed E-state index contributed by atoms with van der Waals surface area (Å²) in [6.45, 7) is 1.32. The number of carbonyl (C=O) groups is 1. The first-order chi connectivity index (χ1) is 11.7. The van der Waals surface area contributed by atoms with E-state index in [9.17, 15) is 9.90 Å². The van der Waals surface area contributed by atoms with Crippen molar-refractivity contribution in [1.29, 1.82) is 0 Å². The number of amides is 1. The zero-order chi connectivity index (χ0) is 16.6. The minimum absolute atomic E-state index is 0.0352. The van der Waals surface area contributed by atoms with E-state index >= 15 is 0 Å². The fourth-order valence-electron chi connectivity index (χ4n) is 3.93. The average molecular weight is 326 g/mol. The van der Waals surface area contributed by atoms with E-state index in [0.717, 1.165) is 18.5 Å². The van der Waals surface area contributed by atoms with Gasteiger partial charge >= 0.3 is 0 Å². The van der Waals surface area contributed by atoms with Gasteiger partial charge in [0.05, 0.1) is 6.10 Å². The van der Waals surface area contributed by atoms with Gasteiger partial charge in [0.1, 0.15) is 0 Å². The Morgan fingerprint density at radius 2 is 1.83 bits per heavy atom. The van der Waals surface area contributed by atoms with Crippen LogP contribution in [0.15, 0.2) is 48.8 Å². The lowest BCUT2D eigenvalue weighted by atomic mass is 9.58. The second-order valence-corrected chi connectivity index (χ2v) is 6.76. The Morgan fingerprint density at radius 3 is 2.46 bits per heavy atom. The van der Waals surface area contributed by atoms with E-state index in [1.807, 2.05) is 53.4 Å². The Kier molecular flexibility index (Phi) is 3.90. The van der Waals surface area contributed by atoms with Crippen LogP contribution in [0.1, 0.15) is 29.6 Å². The molecule has 1 aromatic heterocycles. The van der Waals surface area contributed by atoms with E-state index in [2.05, 4.69) is 5.32 Å². The molecule has 1 saturated carbocycles. The molecule has 1 amide bonds. The van der Waals surface area contributed by atoms with Gasteiger partial charge in [-0.1, -0.05) is 0 Å². The van der Waals surface area contributed by atoms with Crippen molar-refractivity contribution in [1.82, 2.24) is 9.88 Å². The summed E-state index contributed by atoms with van der Waals surface area (Å²) in [6, 6.07) is 11.5. The normalized spacial score (nSPS) is 25.2. The molecule has 5 nitrogen and oxygen atoms in total. The van der Waals surface area contributed by atoms with Crippen LogP contribution in [0, 0.1) is 5.41 Å². The number of ether oxygens (including phenoxy) is 1. The Balaban J connectivity index is 1.45. The van der Waals surface area contributed by atoms with Gasteiger partial charge in [0.25, 0.3) is 5.91 Å². The van der Waals surface area contributed by atoms with Crippen LogP contribution in [-0.2, 0) is 4.74 Å². The number of rotatable bonds is 3. The third-order valence-electron chi connectivity index (χ3n) is 5.58. The van der Waals surface area contributed by atoms with Crippen LogP contribution < -0.4 is 5.32 Å². The molecular weight excluding hydrogens is 304 g/mol. The number of nitrogens with zero attached hydrogens (tertiary/aromatic N) is 1. The number of aliphatic hydroxyl groups is 1. The molecule has 5 heteroatoms. The van der Waals surface area contributed by atoms with Crippen LogP contribution in [0.5, 0.6) is 0 Å². The van der Waals surface area contributed by atoms with E-state index in [1.165, 1.54) is 0 Å². The smallest absolute Gasteiger partial charge is 0.251 e. The van der Waals surface area contributed by atoms with Gasteiger partial charge in [-0.25, -0.2) is 0 Å². The molecule has 2 N–H and O–H groups in total. The zero-order valence-electron chi connectivity index (χ0n) is 13.5. The predicted octanol–water partition coefficient (Wildman–Crippen LogP) is 2.14. The third kappa shape index (κ3) is 2.54. The van der Waals surface area contributed by atoms with Gasteiger partial charge in [0.2, 0.25) is 0 Å². The van der Waals surface area contributed by atoms with Gasteiger partial charge in [-0.3, -0.25) is 4.79 Å². The maximum absolute atomic E-state index is 12.5. The van der Waals surface area contributed by atoms with Gasteiger partial charge in [-0.05, 0) is 55.7 Å². The summed E-state index contributed by atoms with van der Waals surface area (Å²) >= 11 is 0. The minimum Gasteiger partial charge on any atom is -0.392 e. The molecule has 0 unspecified atom stereocenters. The molecule has 0 bridgehead atoms. The Morgan fingerprint density at radius 1 is 1.17 bits per heavy atom. The number of aliphatic hydroxyl groups excluding tert-OH is 1. The lowest BCUT2D eigenvalue weighted by Crippen LogP contribution is -2.65. The largest absolute Gasteiger partial charge is 0.392 e. The van der Waals surface area contributed by atoms with Crippen molar-refractivity contribution >= 4 is 5.91 Å². The molecule has 1 aliphatic carbocycles. The van der Waals surface area contributed by atoms with E-state index in [-0.39, 0.29) is 23.5 Å². The highest BCUT2D eigenvalue weighted by Crippen LogP contribution is 2.49. The van der Waals surface area contributed by atoms with E-state index < -0.39 is 0 Å². The van der Waals surface area contributed by atoms with Gasteiger partial charge in [-0.2, -0.15) is 0 Å². The summed E-state index contributed by atoms with van der Waals surface area (Å²) < 4.78 is 7.41. The molecule has 24 heavy (non-hydrogen) atoms. The minimum atomic E-state index is -0.331.